The summed E-state index contributed by atoms with van der Waals surface area (Å²) < 4.78 is 5.28. The maximum Gasteiger partial charge on any atom is 0.335 e. The number of hydrogen-bond acceptors (Lipinski definition) is 2. The zero-order chi connectivity index (χ0) is 15.0. The number of fused-ring (bicyclic) bond motifs is 2. The van der Waals surface area contributed by atoms with E-state index in [1.54, 1.807) is 19.2 Å². The van der Waals surface area contributed by atoms with Gasteiger partial charge >= 0.3 is 5.97 Å². The van der Waals surface area contributed by atoms with Crippen LogP contribution >= 0.6 is 0 Å². The Morgan fingerprint density at radius 1 is 1.10 bits per heavy atom. The molecule has 0 radical (unpaired) electrons. The molecule has 0 fully saturated rings. The molecule has 0 saturated heterocycles. The van der Waals surface area contributed by atoms with E-state index < -0.39 is 5.97 Å². The van der Waals surface area contributed by atoms with E-state index >= 15 is 0 Å². The summed E-state index contributed by atoms with van der Waals surface area (Å²) in [7, 11) is 1.65. The fourth-order valence-corrected chi connectivity index (χ4v) is 2.82. The molecule has 0 amide bonds. The summed E-state index contributed by atoms with van der Waals surface area (Å²) in [5.74, 6) is -0.0801. The van der Waals surface area contributed by atoms with Crippen molar-refractivity contribution in [2.24, 2.45) is 0 Å². The largest absolute Gasteiger partial charge is 0.497 e. The number of carboxylic acids is 1. The van der Waals surface area contributed by atoms with Crippen molar-refractivity contribution in [3.8, 4) is 5.75 Å². The van der Waals surface area contributed by atoms with Crippen LogP contribution in [0.25, 0.3) is 5.57 Å². The lowest BCUT2D eigenvalue weighted by Crippen LogP contribution is -2.00. The Kier molecular flexibility index (Phi) is 3.26. The number of benzene rings is 2. The molecule has 0 bridgehead atoms. The normalized spacial score (nSPS) is 13.1. The Hall–Kier alpha value is -2.55. The molecule has 1 aliphatic rings. The van der Waals surface area contributed by atoms with Gasteiger partial charge in [-0.2, -0.15) is 0 Å². The molecule has 0 saturated carbocycles. The predicted octanol–water partition coefficient (Wildman–Crippen LogP) is 3.55. The zero-order valence-electron chi connectivity index (χ0n) is 11.8. The number of carbonyl (C=O) groups is 1. The van der Waals surface area contributed by atoms with Crippen LogP contribution in [0.15, 0.2) is 43.0 Å². The summed E-state index contributed by atoms with van der Waals surface area (Å²) in [5, 5.41) is 9.16. The molecular formula is C18H16O3. The third kappa shape index (κ3) is 2.31. The second-order valence-electron chi connectivity index (χ2n) is 5.18. The van der Waals surface area contributed by atoms with Crippen molar-refractivity contribution >= 4 is 11.5 Å². The highest BCUT2D eigenvalue weighted by molar-refractivity contribution is 5.91. The zero-order valence-corrected chi connectivity index (χ0v) is 11.8. The van der Waals surface area contributed by atoms with E-state index in [4.69, 9.17) is 9.84 Å². The van der Waals surface area contributed by atoms with Crippen LogP contribution in [0.2, 0.25) is 0 Å². The summed E-state index contributed by atoms with van der Waals surface area (Å²) in [4.78, 5) is 11.2. The first-order valence-electron chi connectivity index (χ1n) is 6.83. The van der Waals surface area contributed by atoms with E-state index in [9.17, 15) is 4.79 Å². The maximum absolute atomic E-state index is 11.2. The molecule has 3 nitrogen and oxygen atoms in total. The Morgan fingerprint density at radius 2 is 1.86 bits per heavy atom. The monoisotopic (exact) mass is 280 g/mol. The van der Waals surface area contributed by atoms with Crippen molar-refractivity contribution < 1.29 is 14.6 Å². The van der Waals surface area contributed by atoms with Crippen LogP contribution in [-0.2, 0) is 12.8 Å². The summed E-state index contributed by atoms with van der Waals surface area (Å²) in [5.41, 5.74) is 5.50. The van der Waals surface area contributed by atoms with Gasteiger partial charge in [-0.1, -0.05) is 18.7 Å². The average molecular weight is 280 g/mol. The first-order chi connectivity index (χ1) is 10.1. The van der Waals surface area contributed by atoms with E-state index in [1.165, 1.54) is 5.56 Å². The van der Waals surface area contributed by atoms with Gasteiger partial charge in [0, 0.05) is 0 Å². The average Bonchev–Trinajstić information content (AvgIpc) is 2.64. The molecule has 2 aromatic rings. The quantitative estimate of drug-likeness (QED) is 0.915. The Balaban J connectivity index is 2.13. The smallest absolute Gasteiger partial charge is 0.335 e. The van der Waals surface area contributed by atoms with Gasteiger partial charge in [-0.25, -0.2) is 4.79 Å². The summed E-state index contributed by atoms with van der Waals surface area (Å²) in [6, 6.07) is 11.2. The van der Waals surface area contributed by atoms with Gasteiger partial charge in [0.1, 0.15) is 5.75 Å². The molecule has 0 aromatic heterocycles. The van der Waals surface area contributed by atoms with Crippen LogP contribution in [0.5, 0.6) is 5.75 Å². The fraction of sp³-hybridized carbons (Fsp3) is 0.167. The Bertz CT molecular complexity index is 744. The van der Waals surface area contributed by atoms with E-state index in [0.29, 0.717) is 5.56 Å². The first-order valence-corrected chi connectivity index (χ1v) is 6.83. The minimum absolute atomic E-state index is 0.298. The number of hydrogen-bond donors (Lipinski definition) is 1. The van der Waals surface area contributed by atoms with Crippen LogP contribution in [0.1, 0.15) is 32.6 Å². The van der Waals surface area contributed by atoms with Crippen molar-refractivity contribution in [3.63, 3.8) is 0 Å². The van der Waals surface area contributed by atoms with Gasteiger partial charge in [0.15, 0.2) is 0 Å². The SMILES string of the molecule is C=C1c2ccc(OC)cc2CCc2ccc(C(=O)O)cc21. The number of ether oxygens (including phenoxy) is 1. The molecule has 1 N–H and O–H groups in total. The van der Waals surface area contributed by atoms with E-state index in [0.717, 1.165) is 40.9 Å². The van der Waals surface area contributed by atoms with Crippen LogP contribution in [0.3, 0.4) is 0 Å². The third-order valence-electron chi connectivity index (χ3n) is 3.98. The molecule has 2 aromatic carbocycles. The highest BCUT2D eigenvalue weighted by atomic mass is 16.5. The lowest BCUT2D eigenvalue weighted by atomic mass is 9.94. The maximum atomic E-state index is 11.2. The first kappa shape index (κ1) is 13.4. The topological polar surface area (TPSA) is 46.5 Å². The number of methoxy groups -OCH3 is 1. The van der Waals surface area contributed by atoms with Gasteiger partial charge < -0.3 is 9.84 Å². The second kappa shape index (κ2) is 5.09. The van der Waals surface area contributed by atoms with Gasteiger partial charge in [0.2, 0.25) is 0 Å². The van der Waals surface area contributed by atoms with Crippen LogP contribution < -0.4 is 4.74 Å². The lowest BCUT2D eigenvalue weighted by molar-refractivity contribution is 0.0697. The van der Waals surface area contributed by atoms with Crippen molar-refractivity contribution in [2.75, 3.05) is 7.11 Å². The molecule has 0 aliphatic heterocycles. The summed E-state index contributed by atoms with van der Waals surface area (Å²) >= 11 is 0. The van der Waals surface area contributed by atoms with E-state index in [1.807, 2.05) is 24.3 Å². The van der Waals surface area contributed by atoms with Crippen molar-refractivity contribution in [1.29, 1.82) is 0 Å². The molecule has 0 atom stereocenters. The van der Waals surface area contributed by atoms with Crippen molar-refractivity contribution in [2.45, 2.75) is 12.8 Å². The van der Waals surface area contributed by atoms with E-state index in [2.05, 4.69) is 6.58 Å². The number of aromatic carboxylic acids is 1. The molecule has 3 rings (SSSR count). The second-order valence-corrected chi connectivity index (χ2v) is 5.18. The predicted molar refractivity (Wildman–Crippen MR) is 81.9 cm³/mol. The van der Waals surface area contributed by atoms with Crippen molar-refractivity contribution in [1.82, 2.24) is 0 Å². The van der Waals surface area contributed by atoms with Gasteiger partial charge in [-0.3, -0.25) is 0 Å². The minimum atomic E-state index is -0.912. The fourth-order valence-electron chi connectivity index (χ4n) is 2.82. The third-order valence-corrected chi connectivity index (χ3v) is 3.98. The molecule has 106 valence electrons. The molecule has 21 heavy (non-hydrogen) atoms. The Morgan fingerprint density at radius 3 is 2.57 bits per heavy atom. The number of carboxylic acid groups (broad SMARTS) is 1. The molecule has 0 spiro atoms. The van der Waals surface area contributed by atoms with Crippen LogP contribution in [0, 0.1) is 0 Å². The summed E-state index contributed by atoms with van der Waals surface area (Å²) in [6.07, 6.45) is 1.76. The molecule has 3 heteroatoms. The lowest BCUT2D eigenvalue weighted by Gasteiger charge is -2.11. The molecule has 0 unspecified atom stereocenters. The van der Waals surface area contributed by atoms with Gasteiger partial charge in [0.25, 0.3) is 0 Å². The molecular weight excluding hydrogens is 264 g/mol. The number of rotatable bonds is 2. The van der Waals surface area contributed by atoms with Crippen molar-refractivity contribution in [3.05, 3.63) is 70.8 Å². The standard InChI is InChI=1S/C18H16O3/c1-11-16-8-7-15(21-2)9-13(16)5-3-12-4-6-14(18(19)20)10-17(11)12/h4,6-10H,1,3,5H2,2H3,(H,19,20). The van der Waals surface area contributed by atoms with Crippen LogP contribution in [0.4, 0.5) is 0 Å². The van der Waals surface area contributed by atoms with Gasteiger partial charge in [-0.15, -0.1) is 0 Å². The van der Waals surface area contributed by atoms with Crippen LogP contribution in [-0.4, -0.2) is 18.2 Å². The van der Waals surface area contributed by atoms with E-state index in [-0.39, 0.29) is 0 Å². The minimum Gasteiger partial charge on any atom is -0.497 e. The van der Waals surface area contributed by atoms with Gasteiger partial charge in [0.05, 0.1) is 12.7 Å². The summed E-state index contributed by atoms with van der Waals surface area (Å²) in [6.45, 7) is 4.18. The van der Waals surface area contributed by atoms with Gasteiger partial charge in [-0.05, 0) is 64.9 Å². The highest BCUT2D eigenvalue weighted by Gasteiger charge is 2.18. The Labute approximate surface area is 123 Å². The molecule has 0 heterocycles. The number of aryl methyl sites for hydroxylation is 2. The highest BCUT2D eigenvalue weighted by Crippen LogP contribution is 2.34. The molecule has 1 aliphatic carbocycles.